The van der Waals surface area contributed by atoms with Gasteiger partial charge in [0.05, 0.1) is 0 Å². The number of aryl methyl sites for hydroxylation is 1. The van der Waals surface area contributed by atoms with Crippen LogP contribution in [0.3, 0.4) is 0 Å². The second kappa shape index (κ2) is 7.88. The summed E-state index contributed by atoms with van der Waals surface area (Å²) >= 11 is 5.93. The quantitative estimate of drug-likeness (QED) is 0.403. The Labute approximate surface area is 162 Å². The number of nitrogens with one attached hydrogen (secondary N) is 1. The molecule has 0 radical (unpaired) electrons. The van der Waals surface area contributed by atoms with E-state index in [2.05, 4.69) is 5.43 Å². The van der Waals surface area contributed by atoms with Crippen LogP contribution in [0.2, 0.25) is 5.02 Å². The lowest BCUT2D eigenvalue weighted by Crippen LogP contribution is -2.28. The molecule has 0 aliphatic carbocycles. The molecule has 0 saturated carbocycles. The molecule has 138 valence electrons. The summed E-state index contributed by atoms with van der Waals surface area (Å²) in [5, 5.41) is 0.572. The van der Waals surface area contributed by atoms with Crippen LogP contribution in [0.1, 0.15) is 34.5 Å². The van der Waals surface area contributed by atoms with E-state index in [1.165, 1.54) is 4.57 Å². The van der Waals surface area contributed by atoms with Gasteiger partial charge in [-0.15, -0.1) is 0 Å². The van der Waals surface area contributed by atoms with E-state index < -0.39 is 0 Å². The van der Waals surface area contributed by atoms with Crippen molar-refractivity contribution in [3.05, 3.63) is 92.9 Å². The number of carbonyl (C=O) groups is 1. The molecule has 27 heavy (non-hydrogen) atoms. The van der Waals surface area contributed by atoms with Crippen LogP contribution in [0, 0.1) is 0 Å². The first kappa shape index (κ1) is 19.0. The Balaban J connectivity index is 2.20. The van der Waals surface area contributed by atoms with Crippen LogP contribution in [-0.4, -0.2) is 10.4 Å². The molecule has 0 fully saturated rings. The third-order valence-corrected chi connectivity index (χ3v) is 4.80. The highest BCUT2D eigenvalue weighted by molar-refractivity contribution is 6.30. The minimum absolute atomic E-state index is 0.115. The maximum atomic E-state index is 13.1. The van der Waals surface area contributed by atoms with Gasteiger partial charge in [0.15, 0.2) is 5.78 Å². The predicted octanol–water partition coefficient (Wildman–Crippen LogP) is 3.46. The van der Waals surface area contributed by atoms with Crippen LogP contribution < -0.4 is 16.8 Å². The Morgan fingerprint density at radius 3 is 2.44 bits per heavy atom. The molecule has 1 atom stereocenters. The first-order valence-electron chi connectivity index (χ1n) is 8.48. The van der Waals surface area contributed by atoms with Gasteiger partial charge in [0.2, 0.25) is 0 Å². The van der Waals surface area contributed by atoms with Crippen molar-refractivity contribution in [2.24, 2.45) is 12.9 Å². The number of hydrogen-bond acceptors (Lipinski definition) is 4. The summed E-state index contributed by atoms with van der Waals surface area (Å²) in [6.07, 6.45) is 1.74. The Morgan fingerprint density at radius 1 is 1.11 bits per heavy atom. The molecule has 0 aliphatic heterocycles. The van der Waals surface area contributed by atoms with E-state index in [0.29, 0.717) is 16.1 Å². The summed E-state index contributed by atoms with van der Waals surface area (Å²) in [7, 11) is 1.68. The number of aromatic nitrogens is 1. The summed E-state index contributed by atoms with van der Waals surface area (Å²) in [6.45, 7) is 1.86. The van der Waals surface area contributed by atoms with Gasteiger partial charge in [-0.25, -0.2) is 0 Å². The fraction of sp³-hybridized carbons (Fsp3) is 0.143. The number of nitrogens with zero attached hydrogens (tertiary/aromatic N) is 1. The number of rotatable bonds is 5. The molecule has 1 aromatic heterocycles. The van der Waals surface area contributed by atoms with Crippen molar-refractivity contribution in [3.8, 4) is 11.1 Å². The lowest BCUT2D eigenvalue weighted by atomic mass is 9.90. The third-order valence-electron chi connectivity index (χ3n) is 4.55. The van der Waals surface area contributed by atoms with Gasteiger partial charge in [0.1, 0.15) is 0 Å². The van der Waals surface area contributed by atoms with Crippen LogP contribution in [0.25, 0.3) is 11.1 Å². The van der Waals surface area contributed by atoms with Gasteiger partial charge in [-0.2, -0.15) is 0 Å². The van der Waals surface area contributed by atoms with Crippen molar-refractivity contribution in [3.63, 3.8) is 0 Å². The smallest absolute Gasteiger partial charge is 0.250 e. The standard InChI is InChI=1S/C21H20ClN3O2/c1-13(24-23)18-11-20(26)25(2)12-19(18)16-5-3-4-6-17(16)21(27)14-7-9-15(22)10-8-14/h3-13,24H,23H2,1-2H3. The zero-order valence-corrected chi connectivity index (χ0v) is 15.8. The van der Waals surface area contributed by atoms with E-state index >= 15 is 0 Å². The van der Waals surface area contributed by atoms with Gasteiger partial charge in [-0.1, -0.05) is 35.9 Å². The van der Waals surface area contributed by atoms with Crippen molar-refractivity contribution in [2.75, 3.05) is 0 Å². The molecule has 0 bridgehead atoms. The summed E-state index contributed by atoms with van der Waals surface area (Å²) in [5.41, 5.74) is 5.88. The van der Waals surface area contributed by atoms with Crippen molar-refractivity contribution in [1.82, 2.24) is 9.99 Å². The summed E-state index contributed by atoms with van der Waals surface area (Å²) in [4.78, 5) is 25.2. The first-order chi connectivity index (χ1) is 12.9. The molecular weight excluding hydrogens is 362 g/mol. The zero-order chi connectivity index (χ0) is 19.6. The average Bonchev–Trinajstić information content (AvgIpc) is 2.69. The number of halogens is 1. The normalized spacial score (nSPS) is 12.0. The molecule has 1 heterocycles. The Hall–Kier alpha value is -2.73. The Kier molecular flexibility index (Phi) is 5.56. The fourth-order valence-corrected chi connectivity index (χ4v) is 3.12. The highest BCUT2D eigenvalue weighted by Gasteiger charge is 2.19. The second-order valence-corrected chi connectivity index (χ2v) is 6.80. The van der Waals surface area contributed by atoms with Crippen molar-refractivity contribution < 1.29 is 4.79 Å². The summed E-state index contributed by atoms with van der Waals surface area (Å²) < 4.78 is 1.49. The number of pyridine rings is 1. The van der Waals surface area contributed by atoms with E-state index in [9.17, 15) is 9.59 Å². The molecule has 3 rings (SSSR count). The molecule has 0 saturated heterocycles. The largest absolute Gasteiger partial charge is 0.318 e. The molecule has 0 spiro atoms. The monoisotopic (exact) mass is 381 g/mol. The average molecular weight is 382 g/mol. The number of ketones is 1. The van der Waals surface area contributed by atoms with Crippen LogP contribution in [0.4, 0.5) is 0 Å². The van der Waals surface area contributed by atoms with Gasteiger partial charge in [-0.05, 0) is 42.3 Å². The Bertz CT molecular complexity index is 1040. The molecule has 3 aromatic rings. The molecule has 2 aromatic carbocycles. The van der Waals surface area contributed by atoms with Gasteiger partial charge in [-0.3, -0.25) is 20.9 Å². The predicted molar refractivity (Wildman–Crippen MR) is 108 cm³/mol. The SMILES string of the molecule is CC(NN)c1cc(=O)n(C)cc1-c1ccccc1C(=O)c1ccc(Cl)cc1. The molecule has 5 nitrogen and oxygen atoms in total. The number of hydrogen-bond donors (Lipinski definition) is 2. The van der Waals surface area contributed by atoms with Crippen molar-refractivity contribution in [2.45, 2.75) is 13.0 Å². The van der Waals surface area contributed by atoms with E-state index in [-0.39, 0.29) is 17.4 Å². The Morgan fingerprint density at radius 2 is 1.78 bits per heavy atom. The highest BCUT2D eigenvalue weighted by Crippen LogP contribution is 2.31. The summed E-state index contributed by atoms with van der Waals surface area (Å²) in [6, 6.07) is 15.4. The third kappa shape index (κ3) is 3.85. The van der Waals surface area contributed by atoms with E-state index in [1.807, 2.05) is 25.1 Å². The topological polar surface area (TPSA) is 77.1 Å². The van der Waals surface area contributed by atoms with Gasteiger partial charge in [0, 0.05) is 47.1 Å². The minimum atomic E-state index is -0.257. The molecule has 1 unspecified atom stereocenters. The lowest BCUT2D eigenvalue weighted by molar-refractivity contribution is 0.103. The first-order valence-corrected chi connectivity index (χ1v) is 8.86. The van der Waals surface area contributed by atoms with E-state index in [1.54, 1.807) is 49.6 Å². The van der Waals surface area contributed by atoms with Crippen molar-refractivity contribution in [1.29, 1.82) is 0 Å². The molecule has 6 heteroatoms. The number of benzene rings is 2. The van der Waals surface area contributed by atoms with Crippen LogP contribution in [0.15, 0.2) is 65.6 Å². The van der Waals surface area contributed by atoms with Crippen molar-refractivity contribution >= 4 is 17.4 Å². The minimum Gasteiger partial charge on any atom is -0.318 e. The molecule has 0 aliphatic rings. The highest BCUT2D eigenvalue weighted by atomic mass is 35.5. The zero-order valence-electron chi connectivity index (χ0n) is 15.1. The van der Waals surface area contributed by atoms with E-state index in [0.717, 1.165) is 16.7 Å². The second-order valence-electron chi connectivity index (χ2n) is 6.36. The molecule has 0 amide bonds. The molecule has 3 N–H and O–H groups in total. The lowest BCUT2D eigenvalue weighted by Gasteiger charge is -2.18. The van der Waals surface area contributed by atoms with Gasteiger partial charge < -0.3 is 4.57 Å². The van der Waals surface area contributed by atoms with Gasteiger partial charge >= 0.3 is 0 Å². The summed E-state index contributed by atoms with van der Waals surface area (Å²) in [5.74, 6) is 5.49. The maximum Gasteiger partial charge on any atom is 0.250 e. The van der Waals surface area contributed by atoms with Crippen LogP contribution in [-0.2, 0) is 7.05 Å². The maximum absolute atomic E-state index is 13.1. The number of hydrazine groups is 1. The van der Waals surface area contributed by atoms with Crippen LogP contribution in [0.5, 0.6) is 0 Å². The van der Waals surface area contributed by atoms with Gasteiger partial charge in [0.25, 0.3) is 5.56 Å². The number of carbonyl (C=O) groups excluding carboxylic acids is 1. The fourth-order valence-electron chi connectivity index (χ4n) is 2.99. The van der Waals surface area contributed by atoms with E-state index in [4.69, 9.17) is 17.4 Å². The molecular formula is C21H20ClN3O2. The van der Waals surface area contributed by atoms with Crippen LogP contribution >= 0.6 is 11.6 Å². The number of nitrogens with two attached hydrogens (primary N) is 1.